The van der Waals surface area contributed by atoms with E-state index in [1.54, 1.807) is 18.5 Å². The van der Waals surface area contributed by atoms with Crippen molar-refractivity contribution in [3.05, 3.63) is 46.2 Å². The molecule has 0 aromatic carbocycles. The van der Waals surface area contributed by atoms with Gasteiger partial charge in [-0.2, -0.15) is 13.2 Å². The van der Waals surface area contributed by atoms with Crippen LogP contribution in [-0.2, 0) is 17.5 Å². The van der Waals surface area contributed by atoms with Crippen LogP contribution in [-0.4, -0.2) is 27.1 Å². The van der Waals surface area contributed by atoms with E-state index < -0.39 is 17.7 Å². The molecule has 3 aromatic heterocycles. The molecular weight excluding hydrogens is 343 g/mol. The van der Waals surface area contributed by atoms with E-state index in [1.165, 1.54) is 22.0 Å². The van der Waals surface area contributed by atoms with Crippen molar-refractivity contribution >= 4 is 28.3 Å². The van der Waals surface area contributed by atoms with E-state index in [1.807, 2.05) is 0 Å². The molecule has 0 saturated carbocycles. The minimum atomic E-state index is -4.54. The van der Waals surface area contributed by atoms with Gasteiger partial charge in [-0.3, -0.25) is 0 Å². The van der Waals surface area contributed by atoms with Crippen molar-refractivity contribution < 1.29 is 22.7 Å². The van der Waals surface area contributed by atoms with Crippen molar-refractivity contribution in [2.75, 3.05) is 6.61 Å². The van der Waals surface area contributed by atoms with Gasteiger partial charge in [-0.05, 0) is 19.1 Å². The molecule has 0 amide bonds. The molecule has 0 aliphatic heterocycles. The van der Waals surface area contributed by atoms with Crippen LogP contribution in [0.1, 0.15) is 28.0 Å². The summed E-state index contributed by atoms with van der Waals surface area (Å²) >= 11 is 1.34. The van der Waals surface area contributed by atoms with Crippen LogP contribution in [0.5, 0.6) is 0 Å². The lowest BCUT2D eigenvalue weighted by molar-refractivity contribution is -0.136. The minimum Gasteiger partial charge on any atom is -0.461 e. The number of hydrogen-bond donors (Lipinski definition) is 0. The van der Waals surface area contributed by atoms with Crippen molar-refractivity contribution in [2.24, 2.45) is 0 Å². The van der Waals surface area contributed by atoms with Gasteiger partial charge >= 0.3 is 12.1 Å². The van der Waals surface area contributed by atoms with Crippen molar-refractivity contribution in [2.45, 2.75) is 19.6 Å². The molecule has 126 valence electrons. The van der Waals surface area contributed by atoms with Crippen molar-refractivity contribution in [1.82, 2.24) is 14.5 Å². The van der Waals surface area contributed by atoms with Gasteiger partial charge in [0.05, 0.1) is 18.7 Å². The van der Waals surface area contributed by atoms with Crippen LogP contribution in [0.4, 0.5) is 13.2 Å². The topological polar surface area (TPSA) is 57.0 Å². The van der Waals surface area contributed by atoms with E-state index in [0.29, 0.717) is 5.01 Å². The highest BCUT2D eigenvalue weighted by Crippen LogP contribution is 2.35. The molecule has 3 rings (SSSR count). The van der Waals surface area contributed by atoms with E-state index in [0.717, 1.165) is 12.3 Å². The lowest BCUT2D eigenvalue weighted by Gasteiger charge is -2.09. The highest BCUT2D eigenvalue weighted by Gasteiger charge is 2.34. The molecule has 0 fully saturated rings. The Balaban J connectivity index is 2.21. The fraction of sp³-hybridized carbons (Fsp3) is 0.267. The predicted molar refractivity (Wildman–Crippen MR) is 81.9 cm³/mol. The molecule has 0 N–H and O–H groups in total. The molecule has 0 saturated heterocycles. The molecule has 0 aliphatic carbocycles. The maximum atomic E-state index is 13.2. The van der Waals surface area contributed by atoms with Gasteiger partial charge in [0.25, 0.3) is 0 Å². The Morgan fingerprint density at radius 2 is 2.12 bits per heavy atom. The molecule has 5 nitrogen and oxygen atoms in total. The van der Waals surface area contributed by atoms with Crippen molar-refractivity contribution in [3.8, 4) is 0 Å². The fourth-order valence-electron chi connectivity index (χ4n) is 2.40. The molecule has 3 aromatic rings. The first kappa shape index (κ1) is 16.4. The molecular formula is C15H12F3N3O2S. The Hall–Kier alpha value is -2.42. The van der Waals surface area contributed by atoms with Crippen LogP contribution in [0.15, 0.2) is 29.9 Å². The normalized spacial score (nSPS) is 11.8. The summed E-state index contributed by atoms with van der Waals surface area (Å²) in [5.74, 6) is -0.694. The van der Waals surface area contributed by atoms with Gasteiger partial charge in [0.15, 0.2) is 0 Å². The van der Waals surface area contributed by atoms with E-state index in [9.17, 15) is 18.0 Å². The molecule has 0 bridgehead atoms. The lowest BCUT2D eigenvalue weighted by atomic mass is 10.2. The second kappa shape index (κ2) is 6.23. The lowest BCUT2D eigenvalue weighted by Crippen LogP contribution is -2.13. The Morgan fingerprint density at radius 3 is 2.75 bits per heavy atom. The number of thiazole rings is 1. The van der Waals surface area contributed by atoms with Crippen LogP contribution in [0.3, 0.4) is 0 Å². The van der Waals surface area contributed by atoms with Gasteiger partial charge in [0.1, 0.15) is 16.3 Å². The van der Waals surface area contributed by atoms with Crippen LogP contribution >= 0.6 is 11.3 Å². The highest BCUT2D eigenvalue weighted by atomic mass is 32.1. The Kier molecular flexibility index (Phi) is 4.27. The molecule has 0 radical (unpaired) electrons. The number of rotatable bonds is 4. The van der Waals surface area contributed by atoms with E-state index in [-0.39, 0.29) is 29.9 Å². The molecule has 3 heterocycles. The van der Waals surface area contributed by atoms with Gasteiger partial charge in [0.2, 0.25) is 0 Å². The molecule has 0 aliphatic rings. The SMILES string of the molecule is CCOC(=O)c1cc2c(C(F)(F)F)ccnc2n1Cc1nccs1. The monoisotopic (exact) mass is 355 g/mol. The number of carbonyl (C=O) groups is 1. The summed E-state index contributed by atoms with van der Waals surface area (Å²) in [4.78, 5) is 20.3. The minimum absolute atomic E-state index is 0.0197. The zero-order valence-corrected chi connectivity index (χ0v) is 13.3. The Bertz CT molecular complexity index is 872. The molecule has 0 spiro atoms. The van der Waals surface area contributed by atoms with Crippen molar-refractivity contribution in [3.63, 3.8) is 0 Å². The molecule has 9 heteroatoms. The van der Waals surface area contributed by atoms with Gasteiger partial charge in [0, 0.05) is 23.2 Å². The number of halogens is 3. The fourth-order valence-corrected chi connectivity index (χ4v) is 3.00. The second-order valence-corrected chi connectivity index (χ2v) is 5.83. The standard InChI is InChI=1S/C15H12F3N3O2S/c1-2-23-14(22)11-7-9-10(15(16,17)18)3-4-20-13(9)21(11)8-12-19-5-6-24-12/h3-7H,2,8H2,1H3. The number of fused-ring (bicyclic) bond motifs is 1. The van der Waals surface area contributed by atoms with E-state index in [4.69, 9.17) is 4.74 Å². The number of hydrogen-bond acceptors (Lipinski definition) is 5. The predicted octanol–water partition coefficient (Wildman–Crippen LogP) is 3.74. The summed E-state index contributed by atoms with van der Waals surface area (Å²) in [6, 6.07) is 2.07. The van der Waals surface area contributed by atoms with Gasteiger partial charge < -0.3 is 9.30 Å². The first-order valence-corrected chi connectivity index (χ1v) is 7.90. The summed E-state index contributed by atoms with van der Waals surface area (Å²) in [7, 11) is 0. The number of alkyl halides is 3. The number of nitrogens with zero attached hydrogens (tertiary/aromatic N) is 3. The van der Waals surface area contributed by atoms with Crippen LogP contribution in [0.2, 0.25) is 0 Å². The van der Waals surface area contributed by atoms with Crippen LogP contribution < -0.4 is 0 Å². The summed E-state index contributed by atoms with van der Waals surface area (Å²) in [5.41, 5.74) is -0.745. The van der Waals surface area contributed by atoms with Gasteiger partial charge in [-0.25, -0.2) is 14.8 Å². The first-order chi connectivity index (χ1) is 11.4. The third-order valence-corrected chi connectivity index (χ3v) is 4.13. The molecule has 0 atom stereocenters. The Morgan fingerprint density at radius 1 is 1.33 bits per heavy atom. The second-order valence-electron chi connectivity index (χ2n) is 4.86. The zero-order chi connectivity index (χ0) is 17.3. The zero-order valence-electron chi connectivity index (χ0n) is 12.5. The number of ether oxygens (including phenoxy) is 1. The van der Waals surface area contributed by atoms with E-state index >= 15 is 0 Å². The third-order valence-electron chi connectivity index (χ3n) is 3.36. The number of esters is 1. The first-order valence-electron chi connectivity index (χ1n) is 7.02. The molecule has 24 heavy (non-hydrogen) atoms. The maximum Gasteiger partial charge on any atom is 0.417 e. The Labute approximate surface area is 138 Å². The summed E-state index contributed by atoms with van der Waals surface area (Å²) in [6.07, 6.45) is -1.87. The van der Waals surface area contributed by atoms with Crippen LogP contribution in [0.25, 0.3) is 11.0 Å². The quantitative estimate of drug-likeness (QED) is 0.669. The highest BCUT2D eigenvalue weighted by molar-refractivity contribution is 7.09. The third kappa shape index (κ3) is 2.99. The van der Waals surface area contributed by atoms with E-state index in [2.05, 4.69) is 9.97 Å². The number of carbonyl (C=O) groups excluding carboxylic acids is 1. The summed E-state index contributed by atoms with van der Waals surface area (Å²) < 4.78 is 46.0. The van der Waals surface area contributed by atoms with Gasteiger partial charge in [-0.15, -0.1) is 11.3 Å². The smallest absolute Gasteiger partial charge is 0.417 e. The summed E-state index contributed by atoms with van der Waals surface area (Å²) in [5, 5.41) is 2.27. The van der Waals surface area contributed by atoms with Crippen molar-refractivity contribution in [1.29, 1.82) is 0 Å². The number of aromatic nitrogens is 3. The van der Waals surface area contributed by atoms with Gasteiger partial charge in [-0.1, -0.05) is 0 Å². The molecule has 0 unspecified atom stereocenters. The van der Waals surface area contributed by atoms with Crippen LogP contribution in [0, 0.1) is 0 Å². The average Bonchev–Trinajstić information content (AvgIpc) is 3.15. The largest absolute Gasteiger partial charge is 0.461 e. The summed E-state index contributed by atoms with van der Waals surface area (Å²) in [6.45, 7) is 1.89. The number of pyridine rings is 1. The average molecular weight is 355 g/mol. The maximum absolute atomic E-state index is 13.2.